The summed E-state index contributed by atoms with van der Waals surface area (Å²) >= 11 is 0. The largest absolute Gasteiger partial charge is 0.309 e. The highest BCUT2D eigenvalue weighted by Crippen LogP contribution is 2.69. The van der Waals surface area contributed by atoms with Gasteiger partial charge in [0.1, 0.15) is 0 Å². The Bertz CT molecular complexity index is 2780. The van der Waals surface area contributed by atoms with Crippen LogP contribution in [0.5, 0.6) is 0 Å². The first-order chi connectivity index (χ1) is 25.3. The van der Waals surface area contributed by atoms with Gasteiger partial charge in [-0.05, 0) is 60.7 Å². The number of rotatable bonds is 2. The van der Waals surface area contributed by atoms with Crippen LogP contribution in [0.4, 0.5) is 22.7 Å². The second-order valence-electron chi connectivity index (χ2n) is 13.8. The third kappa shape index (κ3) is 3.32. The highest BCUT2D eigenvalue weighted by atomic mass is 15.4. The number of aromatic nitrogens is 2. The van der Waals surface area contributed by atoms with E-state index < -0.39 is 0 Å². The second-order valence-corrected chi connectivity index (χ2v) is 13.8. The first-order valence-corrected chi connectivity index (χ1v) is 17.7. The van der Waals surface area contributed by atoms with Gasteiger partial charge in [-0.1, -0.05) is 97.1 Å². The molecule has 0 aliphatic carbocycles. The fourth-order valence-corrected chi connectivity index (χ4v) is 9.50. The minimum Gasteiger partial charge on any atom is -0.309 e. The van der Waals surface area contributed by atoms with Gasteiger partial charge in [0.15, 0.2) is 22.7 Å². The predicted molar refractivity (Wildman–Crippen MR) is 213 cm³/mol. The van der Waals surface area contributed by atoms with Crippen molar-refractivity contribution in [2.75, 3.05) is 0 Å². The molecule has 8 aromatic carbocycles. The van der Waals surface area contributed by atoms with Crippen molar-refractivity contribution in [1.29, 1.82) is 0 Å². The van der Waals surface area contributed by atoms with Gasteiger partial charge in [-0.25, -0.2) is 0 Å². The smallest absolute Gasteiger partial charge is 0.158 e. The van der Waals surface area contributed by atoms with Gasteiger partial charge in [0.25, 0.3) is 0 Å². The third-order valence-corrected chi connectivity index (χ3v) is 11.5. The van der Waals surface area contributed by atoms with Crippen LogP contribution in [0.3, 0.4) is 0 Å². The lowest BCUT2D eigenvalue weighted by Crippen LogP contribution is -2.29. The summed E-state index contributed by atoms with van der Waals surface area (Å²) in [5.74, 6) is 0. The summed E-state index contributed by atoms with van der Waals surface area (Å²) in [5.41, 5.74) is 17.5. The first-order valence-electron chi connectivity index (χ1n) is 17.7. The molecule has 236 valence electrons. The monoisotopic (exact) mass is 648 g/mol. The lowest BCUT2D eigenvalue weighted by atomic mass is 10.0. The average Bonchev–Trinajstić information content (AvgIpc) is 3.90. The lowest BCUT2D eigenvalue weighted by Gasteiger charge is -2.32. The number of para-hydroxylation sites is 6. The van der Waals surface area contributed by atoms with E-state index in [4.69, 9.17) is 0 Å². The van der Waals surface area contributed by atoms with Gasteiger partial charge >= 0.3 is 0 Å². The van der Waals surface area contributed by atoms with Crippen molar-refractivity contribution in [3.63, 3.8) is 0 Å². The number of nitrogens with zero attached hydrogens (tertiary/aromatic N) is 3. The maximum Gasteiger partial charge on any atom is 0.158 e. The Labute approximate surface area is 294 Å². The van der Waals surface area contributed by atoms with Gasteiger partial charge in [0.05, 0.1) is 55.7 Å². The van der Waals surface area contributed by atoms with Crippen molar-refractivity contribution in [2.24, 2.45) is 0 Å². The minimum atomic E-state index is 0.549. The molecule has 0 saturated carbocycles. The summed E-state index contributed by atoms with van der Waals surface area (Å²) < 4.78 is 5.44. The molecule has 2 aliphatic rings. The fraction of sp³-hybridized carbons (Fsp3) is 0. The van der Waals surface area contributed by atoms with Crippen LogP contribution in [-0.4, -0.2) is 9.13 Å². The molecule has 4 heterocycles. The van der Waals surface area contributed by atoms with Gasteiger partial charge in [-0.3, -0.25) is 0 Å². The molecule has 51 heavy (non-hydrogen) atoms. The average molecular weight is 649 g/mol. The number of benzene rings is 8. The molecule has 0 radical (unpaired) electrons. The highest BCUT2D eigenvalue weighted by molar-refractivity contribution is 6.14. The Morgan fingerprint density at radius 1 is 0.275 bits per heavy atom. The summed E-state index contributed by atoms with van der Waals surface area (Å²) in [5, 5.41) is 5.09. The van der Waals surface area contributed by atoms with Gasteiger partial charge in [0.2, 0.25) is 0 Å². The molecule has 1 spiro atoms. The molecule has 0 unspecified atom stereocenters. The van der Waals surface area contributed by atoms with Crippen LogP contribution in [0.15, 0.2) is 182 Å². The molecule has 0 saturated heterocycles. The van der Waals surface area contributed by atoms with E-state index in [9.17, 15) is 0 Å². The van der Waals surface area contributed by atoms with Crippen LogP contribution in [0.2, 0.25) is 0 Å². The summed E-state index contributed by atoms with van der Waals surface area (Å²) in [7, 11) is 0. The molecule has 0 atom stereocenters. The van der Waals surface area contributed by atoms with Crippen molar-refractivity contribution in [1.82, 2.24) is 13.6 Å². The molecular formula is C48H30N3+. The van der Waals surface area contributed by atoms with Crippen LogP contribution < -0.4 is 4.48 Å². The van der Waals surface area contributed by atoms with Gasteiger partial charge in [-0.2, -0.15) is 4.48 Å². The first kappa shape index (κ1) is 27.2. The minimum absolute atomic E-state index is 0.549. The van der Waals surface area contributed by atoms with E-state index in [1.807, 2.05) is 0 Å². The molecular weight excluding hydrogens is 619 g/mol. The zero-order valence-electron chi connectivity index (χ0n) is 27.7. The molecule has 0 N–H and O–H groups in total. The van der Waals surface area contributed by atoms with Crippen molar-refractivity contribution in [3.05, 3.63) is 182 Å². The molecule has 0 bridgehead atoms. The zero-order valence-corrected chi connectivity index (χ0v) is 27.7. The summed E-state index contributed by atoms with van der Waals surface area (Å²) in [4.78, 5) is 0. The molecule has 3 heteroatoms. The van der Waals surface area contributed by atoms with Gasteiger partial charge in [0, 0.05) is 45.8 Å². The van der Waals surface area contributed by atoms with E-state index in [1.165, 1.54) is 100.0 Å². The maximum atomic E-state index is 2.47. The van der Waals surface area contributed by atoms with E-state index in [2.05, 4.69) is 191 Å². The van der Waals surface area contributed by atoms with Crippen LogP contribution >= 0.6 is 0 Å². The second kappa shape index (κ2) is 9.72. The van der Waals surface area contributed by atoms with Crippen molar-refractivity contribution < 1.29 is 0 Å². The zero-order chi connectivity index (χ0) is 33.3. The van der Waals surface area contributed by atoms with Gasteiger partial charge in [-0.15, -0.1) is 0 Å². The SMILES string of the molecule is c1ccc2c(c1)-c1ccccc1[N+]21c2cc(-n3c4ccccc4c4ccccc43)ccc2-c2ccc(-n3c4ccccc4c4ccccc43)cc21. The van der Waals surface area contributed by atoms with Crippen LogP contribution in [0.25, 0.3) is 77.2 Å². The molecule has 2 aliphatic heterocycles. The quantitative estimate of drug-likeness (QED) is 0.165. The van der Waals surface area contributed by atoms with E-state index in [0.717, 1.165) is 0 Å². The molecule has 0 amide bonds. The number of quaternary nitrogens is 1. The number of hydrogen-bond donors (Lipinski definition) is 0. The topological polar surface area (TPSA) is 9.86 Å². The normalized spacial score (nSPS) is 13.6. The third-order valence-electron chi connectivity index (χ3n) is 11.5. The van der Waals surface area contributed by atoms with E-state index in [1.54, 1.807) is 0 Å². The Balaban J connectivity index is 1.20. The molecule has 3 nitrogen and oxygen atoms in total. The van der Waals surface area contributed by atoms with Crippen LogP contribution in [0, 0.1) is 0 Å². The van der Waals surface area contributed by atoms with Crippen LogP contribution in [0.1, 0.15) is 0 Å². The number of fused-ring (bicyclic) bond motifs is 16. The van der Waals surface area contributed by atoms with Crippen molar-refractivity contribution >= 4 is 66.4 Å². The highest BCUT2D eigenvalue weighted by Gasteiger charge is 2.54. The summed E-state index contributed by atoms with van der Waals surface area (Å²) in [6.07, 6.45) is 0. The molecule has 0 fully saturated rings. The van der Waals surface area contributed by atoms with E-state index >= 15 is 0 Å². The Morgan fingerprint density at radius 2 is 0.588 bits per heavy atom. The standard InChI is InChI=1S/C48H30N3/c1-7-19-41-33(13-1)34-14-2-8-20-42(34)49(41)31-25-27-39-40-28-26-32(50-43-21-9-3-15-35(43)36-16-4-10-22-44(36)50)30-48(40)51(47(39)29-31)45-23-11-5-17-37(45)38-18-6-12-24-46(38)51/h1-30H/q+1. The summed E-state index contributed by atoms with van der Waals surface area (Å²) in [6, 6.07) is 67.5. The Kier molecular flexibility index (Phi) is 5.18. The van der Waals surface area contributed by atoms with Crippen molar-refractivity contribution in [2.45, 2.75) is 0 Å². The Morgan fingerprint density at radius 3 is 0.980 bits per heavy atom. The fourth-order valence-electron chi connectivity index (χ4n) is 9.50. The van der Waals surface area contributed by atoms with Crippen LogP contribution in [-0.2, 0) is 0 Å². The van der Waals surface area contributed by atoms with E-state index in [0.29, 0.717) is 4.48 Å². The molecule has 2 aromatic heterocycles. The van der Waals surface area contributed by atoms with Gasteiger partial charge < -0.3 is 9.13 Å². The molecule has 10 aromatic rings. The molecule has 12 rings (SSSR count). The Hall–Kier alpha value is -6.68. The van der Waals surface area contributed by atoms with E-state index in [-0.39, 0.29) is 0 Å². The lowest BCUT2D eigenvalue weighted by molar-refractivity contribution is 0.738. The maximum absolute atomic E-state index is 2.47. The summed E-state index contributed by atoms with van der Waals surface area (Å²) in [6.45, 7) is 0. The predicted octanol–water partition coefficient (Wildman–Crippen LogP) is 13.1. The number of hydrogen-bond acceptors (Lipinski definition) is 0. The van der Waals surface area contributed by atoms with Crippen molar-refractivity contribution in [3.8, 4) is 33.6 Å².